The molecular formula is C40H57N9O6. The van der Waals surface area contributed by atoms with Gasteiger partial charge < -0.3 is 43.0 Å². The fourth-order valence-corrected chi connectivity index (χ4v) is 7.38. The normalized spacial score (nSPS) is 17.2. The van der Waals surface area contributed by atoms with Crippen molar-refractivity contribution in [2.24, 2.45) is 28.1 Å². The third kappa shape index (κ3) is 12.3. The Hall–Kier alpha value is -5.47. The highest BCUT2D eigenvalue weighted by Gasteiger charge is 2.40. The first-order chi connectivity index (χ1) is 26.2. The third-order valence-corrected chi connectivity index (χ3v) is 10.3. The standard InChI is InChI=1S/C40H57N9O6/c1-25(2)35(45-26(3)50)39(55)48(30-17-8-5-9-18-30)24-34(51)46-31(19-12-20-44-40(42)43)38(54)49-23-29-16-11-10-15-28(29)22-33(49)37(53)47-32(36(41)52)21-27-13-6-4-7-14-27/h4,6-7,10-11,13-16,25,30-33,35H,5,8-9,12,17-24H2,1-3H3,(H2,41,52)(H,45,50)(H,46,51)(H,47,53)(H4,42,43,44)/t31-,32-,33-,35-/m0/s1. The van der Waals surface area contributed by atoms with Crippen LogP contribution in [0.3, 0.4) is 0 Å². The maximum absolute atomic E-state index is 14.7. The van der Waals surface area contributed by atoms with Gasteiger partial charge in [0.2, 0.25) is 35.4 Å². The lowest BCUT2D eigenvalue weighted by Crippen LogP contribution is -2.61. The minimum atomic E-state index is -1.11. The molecule has 0 spiro atoms. The number of guanidine groups is 1. The van der Waals surface area contributed by atoms with E-state index in [1.54, 1.807) is 4.90 Å². The van der Waals surface area contributed by atoms with Crippen molar-refractivity contribution in [3.8, 4) is 0 Å². The SMILES string of the molecule is CC(=O)N[C@H](C(=O)N(CC(=O)N[C@@H](CCCN=C(N)N)C(=O)N1Cc2ccccc2C[C@H]1C(=O)N[C@@H](Cc1ccccc1)C(N)=O)C1CCCCC1)C(C)C. The van der Waals surface area contributed by atoms with Crippen molar-refractivity contribution in [2.75, 3.05) is 13.1 Å². The van der Waals surface area contributed by atoms with Gasteiger partial charge in [-0.1, -0.05) is 87.7 Å². The Morgan fingerprint density at radius 2 is 1.51 bits per heavy atom. The number of carbonyl (C=O) groups excluding carboxylic acids is 6. The van der Waals surface area contributed by atoms with Gasteiger partial charge in [0.15, 0.2) is 5.96 Å². The quantitative estimate of drug-likeness (QED) is 0.0772. The highest BCUT2D eigenvalue weighted by atomic mass is 16.2. The molecule has 0 unspecified atom stereocenters. The van der Waals surface area contributed by atoms with Crippen LogP contribution in [0.5, 0.6) is 0 Å². The summed E-state index contributed by atoms with van der Waals surface area (Å²) in [6, 6.07) is 12.4. The summed E-state index contributed by atoms with van der Waals surface area (Å²) in [4.78, 5) is 88.4. The van der Waals surface area contributed by atoms with E-state index in [1.807, 2.05) is 68.4 Å². The van der Waals surface area contributed by atoms with Gasteiger partial charge in [-0.15, -0.1) is 0 Å². The average Bonchev–Trinajstić information content (AvgIpc) is 3.16. The second-order valence-corrected chi connectivity index (χ2v) is 14.9. The van der Waals surface area contributed by atoms with Crippen LogP contribution in [-0.4, -0.2) is 94.5 Å². The van der Waals surface area contributed by atoms with Gasteiger partial charge >= 0.3 is 0 Å². The number of nitrogens with one attached hydrogen (secondary N) is 3. The van der Waals surface area contributed by atoms with Gasteiger partial charge in [0.25, 0.3) is 0 Å². The van der Waals surface area contributed by atoms with Crippen molar-refractivity contribution in [1.82, 2.24) is 25.8 Å². The Kier molecular flexibility index (Phi) is 15.6. The van der Waals surface area contributed by atoms with E-state index >= 15 is 0 Å². The molecule has 9 N–H and O–H groups in total. The molecule has 0 saturated heterocycles. The maximum atomic E-state index is 14.7. The second kappa shape index (κ2) is 20.3. The third-order valence-electron chi connectivity index (χ3n) is 10.3. The van der Waals surface area contributed by atoms with Crippen LogP contribution in [-0.2, 0) is 48.2 Å². The molecular weight excluding hydrogens is 702 g/mol. The summed E-state index contributed by atoms with van der Waals surface area (Å²) < 4.78 is 0. The predicted octanol–water partition coefficient (Wildman–Crippen LogP) is 1.01. The number of carbonyl (C=O) groups is 6. The molecule has 2 aromatic rings. The molecule has 2 aromatic carbocycles. The summed E-state index contributed by atoms with van der Waals surface area (Å²) in [5.41, 5.74) is 19.3. The maximum Gasteiger partial charge on any atom is 0.246 e. The van der Waals surface area contributed by atoms with Crippen LogP contribution in [0, 0.1) is 5.92 Å². The number of aliphatic imine (C=N–C) groups is 1. The van der Waals surface area contributed by atoms with Gasteiger partial charge in [-0.3, -0.25) is 33.8 Å². The lowest BCUT2D eigenvalue weighted by atomic mass is 9.92. The number of hydrogen-bond acceptors (Lipinski definition) is 7. The molecule has 6 amide bonds. The zero-order chi connectivity index (χ0) is 40.1. The molecule has 0 radical (unpaired) electrons. The van der Waals surface area contributed by atoms with E-state index in [9.17, 15) is 28.8 Å². The van der Waals surface area contributed by atoms with Crippen molar-refractivity contribution in [3.63, 3.8) is 0 Å². The van der Waals surface area contributed by atoms with Crippen LogP contribution in [0.1, 0.15) is 82.4 Å². The predicted molar refractivity (Wildman–Crippen MR) is 209 cm³/mol. The number of benzene rings is 2. The Balaban J connectivity index is 1.62. The summed E-state index contributed by atoms with van der Waals surface area (Å²) >= 11 is 0. The van der Waals surface area contributed by atoms with Gasteiger partial charge in [-0.25, -0.2) is 0 Å². The molecule has 4 atom stereocenters. The number of hydrogen-bond donors (Lipinski definition) is 6. The average molecular weight is 760 g/mol. The number of rotatable bonds is 17. The number of nitrogens with two attached hydrogens (primary N) is 3. The fraction of sp³-hybridized carbons (Fsp3) is 0.525. The molecule has 298 valence electrons. The minimum Gasteiger partial charge on any atom is -0.370 e. The van der Waals surface area contributed by atoms with Crippen molar-refractivity contribution >= 4 is 41.4 Å². The number of fused-ring (bicyclic) bond motifs is 1. The monoisotopic (exact) mass is 759 g/mol. The van der Waals surface area contributed by atoms with Gasteiger partial charge in [0.1, 0.15) is 24.2 Å². The van der Waals surface area contributed by atoms with Crippen LogP contribution >= 0.6 is 0 Å². The Bertz CT molecular complexity index is 1690. The number of primary amides is 1. The zero-order valence-corrected chi connectivity index (χ0v) is 32.2. The van der Waals surface area contributed by atoms with E-state index in [4.69, 9.17) is 17.2 Å². The second-order valence-electron chi connectivity index (χ2n) is 14.9. The molecule has 1 heterocycles. The Morgan fingerprint density at radius 3 is 2.13 bits per heavy atom. The van der Waals surface area contributed by atoms with Gasteiger partial charge in [0.05, 0.1) is 6.54 Å². The van der Waals surface area contributed by atoms with Gasteiger partial charge in [0, 0.05) is 38.9 Å². The number of nitrogens with zero attached hydrogens (tertiary/aromatic N) is 3. The smallest absolute Gasteiger partial charge is 0.246 e. The summed E-state index contributed by atoms with van der Waals surface area (Å²) in [6.07, 6.45) is 5.03. The van der Waals surface area contributed by atoms with Crippen molar-refractivity contribution in [3.05, 3.63) is 71.3 Å². The lowest BCUT2D eigenvalue weighted by molar-refractivity contribution is -0.146. The first-order valence-electron chi connectivity index (χ1n) is 19.2. The first-order valence-corrected chi connectivity index (χ1v) is 19.2. The van der Waals surface area contributed by atoms with Crippen LogP contribution in [0.15, 0.2) is 59.6 Å². The summed E-state index contributed by atoms with van der Waals surface area (Å²) in [6.45, 7) is 4.96. The highest BCUT2D eigenvalue weighted by Crippen LogP contribution is 2.26. The molecule has 0 bridgehead atoms. The van der Waals surface area contributed by atoms with E-state index in [-0.39, 0.29) is 68.6 Å². The molecule has 1 saturated carbocycles. The molecule has 15 heteroatoms. The van der Waals surface area contributed by atoms with Crippen molar-refractivity contribution in [2.45, 2.75) is 115 Å². The Morgan fingerprint density at radius 1 is 0.855 bits per heavy atom. The van der Waals surface area contributed by atoms with Crippen LogP contribution in [0.2, 0.25) is 0 Å². The van der Waals surface area contributed by atoms with E-state index in [0.717, 1.165) is 36.0 Å². The molecule has 4 rings (SSSR count). The van der Waals surface area contributed by atoms with E-state index in [1.165, 1.54) is 11.8 Å². The van der Waals surface area contributed by atoms with E-state index < -0.39 is 47.8 Å². The van der Waals surface area contributed by atoms with Crippen LogP contribution in [0.4, 0.5) is 0 Å². The fourth-order valence-electron chi connectivity index (χ4n) is 7.38. The molecule has 1 aliphatic heterocycles. The molecule has 15 nitrogen and oxygen atoms in total. The summed E-state index contributed by atoms with van der Waals surface area (Å²) in [7, 11) is 0. The lowest BCUT2D eigenvalue weighted by Gasteiger charge is -2.39. The van der Waals surface area contributed by atoms with Gasteiger partial charge in [-0.2, -0.15) is 0 Å². The summed E-state index contributed by atoms with van der Waals surface area (Å²) in [5.74, 6) is -3.40. The molecule has 55 heavy (non-hydrogen) atoms. The molecule has 1 aliphatic carbocycles. The Labute approximate surface area is 323 Å². The van der Waals surface area contributed by atoms with Crippen LogP contribution < -0.4 is 33.2 Å². The molecule has 1 fully saturated rings. The number of amides is 6. The van der Waals surface area contributed by atoms with E-state index in [2.05, 4.69) is 20.9 Å². The van der Waals surface area contributed by atoms with Gasteiger partial charge in [-0.05, 0) is 48.3 Å². The first kappa shape index (κ1) is 42.3. The topological polar surface area (TPSA) is 235 Å². The zero-order valence-electron chi connectivity index (χ0n) is 32.2. The largest absolute Gasteiger partial charge is 0.370 e. The molecule has 2 aliphatic rings. The summed E-state index contributed by atoms with van der Waals surface area (Å²) in [5, 5.41) is 8.42. The van der Waals surface area contributed by atoms with E-state index in [0.29, 0.717) is 19.3 Å². The van der Waals surface area contributed by atoms with Crippen LogP contribution in [0.25, 0.3) is 0 Å². The van der Waals surface area contributed by atoms with Crippen molar-refractivity contribution < 1.29 is 28.8 Å². The highest BCUT2D eigenvalue weighted by molar-refractivity contribution is 5.96. The molecule has 0 aromatic heterocycles. The van der Waals surface area contributed by atoms with Crippen molar-refractivity contribution in [1.29, 1.82) is 0 Å². The minimum absolute atomic E-state index is 0.0761.